The molecule has 0 aliphatic carbocycles. The van der Waals surface area contributed by atoms with Crippen molar-refractivity contribution in [3.05, 3.63) is 29.8 Å². The van der Waals surface area contributed by atoms with E-state index in [9.17, 15) is 0 Å². The van der Waals surface area contributed by atoms with Gasteiger partial charge in [0.2, 0.25) is 0 Å². The van der Waals surface area contributed by atoms with E-state index in [1.165, 1.54) is 0 Å². The van der Waals surface area contributed by atoms with Crippen molar-refractivity contribution in [1.29, 1.82) is 0 Å². The summed E-state index contributed by atoms with van der Waals surface area (Å²) in [5, 5.41) is 6.76. The topological polar surface area (TPSA) is 70.6 Å². The maximum atomic E-state index is 5.96. The number of rotatable bonds is 10. The lowest BCUT2D eigenvalue weighted by Crippen LogP contribution is -2.44. The number of nitrogens with zero attached hydrogens (tertiary/aromatic N) is 3. The number of hydrogen-bond acceptors (Lipinski definition) is 6. The maximum absolute atomic E-state index is 5.96. The second kappa shape index (κ2) is 15.6. The molecule has 0 bridgehead atoms. The van der Waals surface area contributed by atoms with Crippen LogP contribution in [0.1, 0.15) is 12.5 Å². The summed E-state index contributed by atoms with van der Waals surface area (Å²) in [6.45, 7) is 14.3. The first-order valence-electron chi connectivity index (χ1n) is 11.2. The van der Waals surface area contributed by atoms with Gasteiger partial charge in [-0.2, -0.15) is 0 Å². The third kappa shape index (κ3) is 10.3. The van der Waals surface area contributed by atoms with E-state index in [4.69, 9.17) is 19.2 Å². The summed E-state index contributed by atoms with van der Waals surface area (Å²) in [4.78, 5) is 9.53. The molecule has 1 aromatic rings. The molecule has 9 heteroatoms. The van der Waals surface area contributed by atoms with E-state index < -0.39 is 0 Å². The molecule has 2 fully saturated rings. The van der Waals surface area contributed by atoms with Crippen molar-refractivity contribution in [3.63, 3.8) is 0 Å². The van der Waals surface area contributed by atoms with Gasteiger partial charge in [0.25, 0.3) is 0 Å². The van der Waals surface area contributed by atoms with Crippen molar-refractivity contribution in [2.75, 3.05) is 85.4 Å². The molecule has 2 aliphatic heterocycles. The lowest BCUT2D eigenvalue weighted by atomic mass is 10.2. The Morgan fingerprint density at radius 2 is 1.68 bits per heavy atom. The zero-order valence-corrected chi connectivity index (χ0v) is 21.0. The van der Waals surface area contributed by atoms with Gasteiger partial charge in [0, 0.05) is 52.4 Å². The maximum Gasteiger partial charge on any atom is 0.191 e. The Morgan fingerprint density at radius 1 is 1.00 bits per heavy atom. The van der Waals surface area contributed by atoms with Gasteiger partial charge in [0.15, 0.2) is 5.96 Å². The average Bonchev–Trinajstić information content (AvgIpc) is 2.79. The van der Waals surface area contributed by atoms with Crippen molar-refractivity contribution in [1.82, 2.24) is 20.4 Å². The van der Waals surface area contributed by atoms with Crippen molar-refractivity contribution in [3.8, 4) is 5.75 Å². The normalized spacial score (nSPS) is 18.3. The first-order valence-corrected chi connectivity index (χ1v) is 11.2. The molecule has 2 heterocycles. The minimum atomic E-state index is 0. The van der Waals surface area contributed by atoms with Gasteiger partial charge in [0.1, 0.15) is 12.4 Å². The molecule has 0 aromatic heterocycles. The molecular formula is C22H38IN5O3. The summed E-state index contributed by atoms with van der Waals surface area (Å²) >= 11 is 0. The Hall–Kier alpha value is -1.14. The minimum Gasteiger partial charge on any atom is -0.492 e. The van der Waals surface area contributed by atoms with Crippen molar-refractivity contribution >= 4 is 29.9 Å². The van der Waals surface area contributed by atoms with E-state index >= 15 is 0 Å². The van der Waals surface area contributed by atoms with Gasteiger partial charge >= 0.3 is 0 Å². The first-order chi connectivity index (χ1) is 14.8. The van der Waals surface area contributed by atoms with Crippen LogP contribution in [0, 0.1) is 0 Å². The summed E-state index contributed by atoms with van der Waals surface area (Å²) in [6.07, 6.45) is 0. The number of nitrogens with one attached hydrogen (secondary N) is 2. The Kier molecular flexibility index (Phi) is 13.2. The molecule has 31 heavy (non-hydrogen) atoms. The molecule has 0 amide bonds. The molecule has 2 N–H and O–H groups in total. The molecule has 2 aliphatic rings. The van der Waals surface area contributed by atoms with Gasteiger partial charge in [-0.25, -0.2) is 4.99 Å². The molecule has 176 valence electrons. The monoisotopic (exact) mass is 547 g/mol. The highest BCUT2D eigenvalue weighted by molar-refractivity contribution is 14.0. The Morgan fingerprint density at radius 3 is 2.35 bits per heavy atom. The third-order valence-corrected chi connectivity index (χ3v) is 5.27. The molecule has 0 spiro atoms. The lowest BCUT2D eigenvalue weighted by Gasteiger charge is -2.26. The van der Waals surface area contributed by atoms with E-state index in [1.54, 1.807) is 0 Å². The summed E-state index contributed by atoms with van der Waals surface area (Å²) in [7, 11) is 0. The summed E-state index contributed by atoms with van der Waals surface area (Å²) < 4.78 is 16.7. The Bertz CT molecular complexity index is 637. The van der Waals surface area contributed by atoms with Crippen LogP contribution in [0.25, 0.3) is 0 Å². The highest BCUT2D eigenvalue weighted by atomic mass is 127. The fraction of sp³-hybridized carbons (Fsp3) is 0.682. The third-order valence-electron chi connectivity index (χ3n) is 5.27. The molecule has 3 rings (SSSR count). The summed E-state index contributed by atoms with van der Waals surface area (Å²) in [5.74, 6) is 1.76. The fourth-order valence-corrected chi connectivity index (χ4v) is 3.52. The molecular weight excluding hydrogens is 509 g/mol. The van der Waals surface area contributed by atoms with E-state index in [2.05, 4.69) is 39.5 Å². The van der Waals surface area contributed by atoms with Crippen LogP contribution in [0.15, 0.2) is 29.3 Å². The first kappa shape index (κ1) is 26.1. The average molecular weight is 547 g/mol. The van der Waals surface area contributed by atoms with Crippen LogP contribution >= 0.6 is 24.0 Å². The summed E-state index contributed by atoms with van der Waals surface area (Å²) in [5.41, 5.74) is 1.14. The summed E-state index contributed by atoms with van der Waals surface area (Å²) in [6, 6.07) is 8.22. The van der Waals surface area contributed by atoms with Crippen LogP contribution < -0.4 is 15.4 Å². The van der Waals surface area contributed by atoms with Crippen LogP contribution in [-0.4, -0.2) is 101 Å². The molecule has 0 unspecified atom stereocenters. The van der Waals surface area contributed by atoms with Crippen LogP contribution in [0.3, 0.4) is 0 Å². The van der Waals surface area contributed by atoms with Gasteiger partial charge in [-0.1, -0.05) is 12.1 Å². The Balaban J connectivity index is 0.00000341. The van der Waals surface area contributed by atoms with E-state index in [1.807, 2.05) is 12.1 Å². The number of ether oxygens (including phenoxy) is 3. The van der Waals surface area contributed by atoms with Crippen LogP contribution in [0.4, 0.5) is 0 Å². The highest BCUT2D eigenvalue weighted by Gasteiger charge is 2.11. The van der Waals surface area contributed by atoms with Gasteiger partial charge in [-0.3, -0.25) is 9.80 Å². The van der Waals surface area contributed by atoms with E-state index in [0.717, 1.165) is 96.1 Å². The standard InChI is InChI=1S/C22H37N5O3.HI/c1-2-23-22(24-6-7-26-8-13-28-14-9-26)25-19-20-4-3-5-21(18-20)30-17-12-27-10-15-29-16-11-27;/h3-5,18H,2,6-17,19H2,1H3,(H2,23,24,25);1H. The van der Waals surface area contributed by atoms with Crippen LogP contribution in [0.5, 0.6) is 5.75 Å². The van der Waals surface area contributed by atoms with Crippen LogP contribution in [0.2, 0.25) is 0 Å². The van der Waals surface area contributed by atoms with Crippen LogP contribution in [-0.2, 0) is 16.0 Å². The number of guanidine groups is 1. The predicted molar refractivity (Wildman–Crippen MR) is 135 cm³/mol. The van der Waals surface area contributed by atoms with Gasteiger partial charge in [-0.15, -0.1) is 24.0 Å². The van der Waals surface area contributed by atoms with Gasteiger partial charge in [-0.05, 0) is 24.6 Å². The highest BCUT2D eigenvalue weighted by Crippen LogP contribution is 2.14. The fourth-order valence-electron chi connectivity index (χ4n) is 3.52. The van der Waals surface area contributed by atoms with Crippen molar-refractivity contribution in [2.24, 2.45) is 4.99 Å². The predicted octanol–water partition coefficient (Wildman–Crippen LogP) is 1.40. The van der Waals surface area contributed by atoms with Crippen molar-refractivity contribution < 1.29 is 14.2 Å². The van der Waals surface area contributed by atoms with Crippen molar-refractivity contribution in [2.45, 2.75) is 13.5 Å². The molecule has 2 saturated heterocycles. The SMILES string of the molecule is CCNC(=NCc1cccc(OCCN2CCOCC2)c1)NCCN1CCOCC1.I. The number of morpholine rings is 2. The number of hydrogen-bond donors (Lipinski definition) is 2. The van der Waals surface area contributed by atoms with Gasteiger partial charge < -0.3 is 24.8 Å². The second-order valence-electron chi connectivity index (χ2n) is 7.53. The minimum absolute atomic E-state index is 0. The molecule has 1 aromatic carbocycles. The van der Waals surface area contributed by atoms with E-state index in [0.29, 0.717) is 13.2 Å². The largest absolute Gasteiger partial charge is 0.492 e. The lowest BCUT2D eigenvalue weighted by molar-refractivity contribution is 0.0322. The molecule has 0 saturated carbocycles. The van der Waals surface area contributed by atoms with E-state index in [-0.39, 0.29) is 24.0 Å². The quantitative estimate of drug-likeness (QED) is 0.261. The molecule has 8 nitrogen and oxygen atoms in total. The zero-order valence-electron chi connectivity index (χ0n) is 18.7. The molecule has 0 atom stereocenters. The smallest absolute Gasteiger partial charge is 0.191 e. The number of aliphatic imine (C=N–C) groups is 1. The zero-order chi connectivity index (χ0) is 20.9. The van der Waals surface area contributed by atoms with Gasteiger partial charge in [0.05, 0.1) is 33.0 Å². The Labute approximate surface area is 203 Å². The number of halogens is 1. The number of benzene rings is 1. The second-order valence-corrected chi connectivity index (χ2v) is 7.53. The molecule has 0 radical (unpaired) electrons.